The van der Waals surface area contributed by atoms with Crippen LogP contribution in [0, 0.1) is 18.8 Å². The van der Waals surface area contributed by atoms with Gasteiger partial charge in [-0.1, -0.05) is 105 Å². The van der Waals surface area contributed by atoms with Crippen LogP contribution >= 0.6 is 11.3 Å². The number of carbonyl (C=O) groups excluding carboxylic acids is 4. The largest absolute Gasteiger partial charge is 0.378 e. The molecular formula is C50H72N6O6S. The van der Waals surface area contributed by atoms with Crippen LogP contribution in [0.15, 0.2) is 90.0 Å². The van der Waals surface area contributed by atoms with E-state index in [-0.39, 0.29) is 48.1 Å². The van der Waals surface area contributed by atoms with Crippen LogP contribution in [-0.4, -0.2) is 121 Å². The average Bonchev–Trinajstić information content (AvgIpc) is 3.99. The molecule has 0 radical (unpaired) electrons. The van der Waals surface area contributed by atoms with E-state index in [0.29, 0.717) is 31.5 Å². The molecule has 8 atom stereocenters. The van der Waals surface area contributed by atoms with Crippen molar-refractivity contribution in [3.63, 3.8) is 0 Å². The van der Waals surface area contributed by atoms with Gasteiger partial charge < -0.3 is 29.9 Å². The highest BCUT2D eigenvalue weighted by atomic mass is 32.1. The minimum absolute atomic E-state index is 0.0110. The Kier molecular flexibility index (Phi) is 19.7. The van der Waals surface area contributed by atoms with Gasteiger partial charge in [-0.05, 0) is 77.5 Å². The van der Waals surface area contributed by atoms with Gasteiger partial charge in [0.2, 0.25) is 23.6 Å². The summed E-state index contributed by atoms with van der Waals surface area (Å²) in [4.78, 5) is 66.9. The van der Waals surface area contributed by atoms with Gasteiger partial charge in [0, 0.05) is 45.9 Å². The molecule has 3 aromatic rings. The quantitative estimate of drug-likeness (QED) is 0.0979. The molecule has 1 aromatic heterocycles. The average molecular weight is 885 g/mol. The summed E-state index contributed by atoms with van der Waals surface area (Å²) in [5.41, 5.74) is 4.97. The van der Waals surface area contributed by atoms with Crippen LogP contribution in [0.1, 0.15) is 88.5 Å². The molecule has 13 heteroatoms. The van der Waals surface area contributed by atoms with E-state index < -0.39 is 36.3 Å². The Morgan fingerprint density at radius 2 is 1.65 bits per heavy atom. The first kappa shape index (κ1) is 50.9. The van der Waals surface area contributed by atoms with Crippen molar-refractivity contribution in [2.24, 2.45) is 11.8 Å². The zero-order valence-electron chi connectivity index (χ0n) is 39.4. The normalized spacial score (nSPS) is 17.7. The van der Waals surface area contributed by atoms with Gasteiger partial charge in [-0.3, -0.25) is 24.1 Å². The molecule has 63 heavy (non-hydrogen) atoms. The van der Waals surface area contributed by atoms with Crippen LogP contribution in [0.2, 0.25) is 0 Å². The summed E-state index contributed by atoms with van der Waals surface area (Å²) >= 11 is 1.50. The number of aromatic nitrogens is 1. The number of amides is 4. The van der Waals surface area contributed by atoms with E-state index in [1.807, 2.05) is 100 Å². The van der Waals surface area contributed by atoms with Crippen LogP contribution in [0.3, 0.4) is 0 Å². The first-order chi connectivity index (χ1) is 30.0. The maximum absolute atomic E-state index is 14.6. The molecule has 0 saturated carbocycles. The monoisotopic (exact) mass is 885 g/mol. The van der Waals surface area contributed by atoms with Gasteiger partial charge >= 0.3 is 0 Å². The molecule has 0 spiro atoms. The van der Waals surface area contributed by atoms with E-state index in [4.69, 9.17) is 9.47 Å². The molecule has 344 valence electrons. The summed E-state index contributed by atoms with van der Waals surface area (Å²) in [7, 11) is 6.75. The standard InChI is InChI=1S/C50H72N6O6S/c1-13-35(7)45(55(10)50(60)43(32(2)3)53-48(59)44(33(4)5)54(9)28-25-37-23-21-34(6)22-24-37)41(61-11)31-42(57)56-27-17-20-40(56)46(62-12)36(8)47(58)52-39(49-51-26-29-63-49)30-38-18-15-14-16-19-38/h13-16,18-19,21-24,26,29,32,36,39-41,43-46H,4,17,20,25,27-28,30-31H2,1-3,5-12H3,(H,52,58)(H,53,59)/b35-13-/t36-,39+,40+,41-,43+,44+,45+,46-/m1/s1. The molecule has 1 saturated heterocycles. The molecule has 0 aliphatic carbocycles. The molecule has 0 unspecified atom stereocenters. The Balaban J connectivity index is 1.47. The lowest BCUT2D eigenvalue weighted by Gasteiger charge is -2.39. The number of hydrogen-bond donors (Lipinski definition) is 2. The lowest BCUT2D eigenvalue weighted by Crippen LogP contribution is -2.58. The fraction of sp³-hybridized carbons (Fsp3) is 0.540. The van der Waals surface area contributed by atoms with Crippen LogP contribution < -0.4 is 10.6 Å². The van der Waals surface area contributed by atoms with Crippen molar-refractivity contribution in [3.05, 3.63) is 112 Å². The minimum Gasteiger partial charge on any atom is -0.378 e. The first-order valence-corrected chi connectivity index (χ1v) is 23.1. The highest BCUT2D eigenvalue weighted by molar-refractivity contribution is 7.09. The predicted molar refractivity (Wildman–Crippen MR) is 252 cm³/mol. The van der Waals surface area contributed by atoms with E-state index in [1.54, 1.807) is 32.4 Å². The van der Waals surface area contributed by atoms with Crippen molar-refractivity contribution in [1.82, 2.24) is 30.3 Å². The van der Waals surface area contributed by atoms with Crippen LogP contribution in [0.25, 0.3) is 0 Å². The highest BCUT2D eigenvalue weighted by Gasteiger charge is 2.43. The van der Waals surface area contributed by atoms with Gasteiger partial charge in [0.15, 0.2) is 0 Å². The maximum Gasteiger partial charge on any atom is 0.245 e. The Hall–Kier alpha value is -4.69. The van der Waals surface area contributed by atoms with Crippen molar-refractivity contribution in [2.75, 3.05) is 41.4 Å². The number of nitrogens with one attached hydrogen (secondary N) is 2. The van der Waals surface area contributed by atoms with Crippen LogP contribution in [0.5, 0.6) is 0 Å². The zero-order chi connectivity index (χ0) is 46.4. The second-order valence-electron chi connectivity index (χ2n) is 17.5. The molecule has 4 rings (SSSR count). The molecule has 0 bridgehead atoms. The SMILES string of the molecule is C=C(C)[C@@H](C(=O)N[C@H](C(=O)N(C)[C@@H](/C(C)=C\C)[C@@H](CC(=O)N1CCC[C@H]1[C@H](OC)[C@@H](C)C(=O)N[C@@H](Cc1ccccc1)c1nccs1)OC)C(C)C)N(C)CCc1ccc(C)cc1. The third kappa shape index (κ3) is 13.7. The van der Waals surface area contributed by atoms with Crippen LogP contribution in [0.4, 0.5) is 0 Å². The number of rotatable bonds is 23. The number of likely N-dealkylation sites (N-methyl/N-ethyl adjacent to an activating group) is 2. The summed E-state index contributed by atoms with van der Waals surface area (Å²) in [5, 5.41) is 9.04. The second kappa shape index (κ2) is 24.4. The number of aryl methyl sites for hydroxylation is 1. The third-order valence-corrected chi connectivity index (χ3v) is 13.4. The number of carbonyl (C=O) groups is 4. The van der Waals surface area contributed by atoms with Gasteiger partial charge in [0.05, 0.1) is 42.7 Å². The zero-order valence-corrected chi connectivity index (χ0v) is 40.2. The van der Waals surface area contributed by atoms with Gasteiger partial charge in [0.25, 0.3) is 0 Å². The van der Waals surface area contributed by atoms with E-state index in [9.17, 15) is 19.2 Å². The van der Waals surface area contributed by atoms with E-state index >= 15 is 0 Å². The predicted octanol–water partition coefficient (Wildman–Crippen LogP) is 6.95. The number of methoxy groups -OCH3 is 2. The topological polar surface area (TPSA) is 133 Å². The van der Waals surface area contributed by atoms with Crippen molar-refractivity contribution in [1.29, 1.82) is 0 Å². The van der Waals surface area contributed by atoms with Gasteiger partial charge in [-0.25, -0.2) is 4.98 Å². The fourth-order valence-electron chi connectivity index (χ4n) is 8.77. The third-order valence-electron chi connectivity index (χ3n) is 12.5. The number of benzene rings is 2. The lowest BCUT2D eigenvalue weighted by atomic mass is 9.93. The number of likely N-dealkylation sites (tertiary alicyclic amines) is 1. The van der Waals surface area contributed by atoms with E-state index in [2.05, 4.69) is 53.4 Å². The second-order valence-corrected chi connectivity index (χ2v) is 18.4. The number of hydrogen-bond acceptors (Lipinski definition) is 9. The van der Waals surface area contributed by atoms with Crippen molar-refractivity contribution >= 4 is 35.0 Å². The number of thiazole rings is 1. The Morgan fingerprint density at radius 3 is 2.22 bits per heavy atom. The smallest absolute Gasteiger partial charge is 0.245 e. The lowest BCUT2D eigenvalue weighted by molar-refractivity contribution is -0.145. The van der Waals surface area contributed by atoms with Gasteiger partial charge in [-0.15, -0.1) is 11.3 Å². The van der Waals surface area contributed by atoms with E-state index in [1.165, 1.54) is 22.5 Å². The van der Waals surface area contributed by atoms with Crippen molar-refractivity contribution < 1.29 is 28.7 Å². The molecule has 1 aliphatic rings. The van der Waals surface area contributed by atoms with E-state index in [0.717, 1.165) is 29.0 Å². The molecule has 12 nitrogen and oxygen atoms in total. The molecular weight excluding hydrogens is 813 g/mol. The number of nitrogens with zero attached hydrogens (tertiary/aromatic N) is 4. The maximum atomic E-state index is 14.6. The number of allylic oxidation sites excluding steroid dienone is 1. The Morgan fingerprint density at radius 1 is 0.968 bits per heavy atom. The van der Waals surface area contributed by atoms with Crippen molar-refractivity contribution in [2.45, 2.75) is 123 Å². The molecule has 2 heterocycles. The summed E-state index contributed by atoms with van der Waals surface area (Å²) in [6.07, 6.45) is 5.16. The van der Waals surface area contributed by atoms with Gasteiger partial charge in [-0.2, -0.15) is 0 Å². The fourth-order valence-corrected chi connectivity index (χ4v) is 9.46. The van der Waals surface area contributed by atoms with Gasteiger partial charge in [0.1, 0.15) is 17.1 Å². The highest BCUT2D eigenvalue weighted by Crippen LogP contribution is 2.30. The summed E-state index contributed by atoms with van der Waals surface area (Å²) in [6, 6.07) is 15.6. The number of ether oxygens (including phenoxy) is 2. The first-order valence-electron chi connectivity index (χ1n) is 22.2. The summed E-state index contributed by atoms with van der Waals surface area (Å²) in [6.45, 7) is 18.6. The van der Waals surface area contributed by atoms with Crippen molar-refractivity contribution in [3.8, 4) is 0 Å². The minimum atomic E-state index is -0.851. The Labute approximate surface area is 380 Å². The molecule has 1 aliphatic heterocycles. The van der Waals surface area contributed by atoms with Crippen LogP contribution in [-0.2, 0) is 41.5 Å². The Bertz CT molecular complexity index is 1970. The molecule has 1 fully saturated rings. The molecule has 2 N–H and O–H groups in total. The molecule has 4 amide bonds. The molecule has 2 aromatic carbocycles. The summed E-state index contributed by atoms with van der Waals surface area (Å²) in [5.74, 6) is -1.72. The summed E-state index contributed by atoms with van der Waals surface area (Å²) < 4.78 is 12.1.